The van der Waals surface area contributed by atoms with E-state index in [2.05, 4.69) is 20.6 Å². The van der Waals surface area contributed by atoms with E-state index in [1.54, 1.807) is 25.2 Å². The summed E-state index contributed by atoms with van der Waals surface area (Å²) in [6.45, 7) is 1.69. The molecule has 0 aliphatic rings. The summed E-state index contributed by atoms with van der Waals surface area (Å²) >= 11 is 6.02. The van der Waals surface area contributed by atoms with Gasteiger partial charge in [0, 0.05) is 17.8 Å². The van der Waals surface area contributed by atoms with Gasteiger partial charge in [-0.25, -0.2) is 9.67 Å². The molecule has 0 saturated carbocycles. The second kappa shape index (κ2) is 5.81. The normalized spacial score (nSPS) is 10.9. The van der Waals surface area contributed by atoms with Crippen molar-refractivity contribution in [1.29, 1.82) is 0 Å². The lowest BCUT2D eigenvalue weighted by molar-refractivity contribution is -0.116. The maximum absolute atomic E-state index is 12.2. The SMILES string of the molecule is Cc1ccc(NC(=O)Cn2cnc3c(nnn3C)c2=O)cc1Cl. The van der Waals surface area contributed by atoms with Crippen molar-refractivity contribution in [1.82, 2.24) is 24.5 Å². The molecule has 118 valence electrons. The third kappa shape index (κ3) is 2.93. The summed E-state index contributed by atoms with van der Waals surface area (Å²) in [5.74, 6) is -0.364. The maximum Gasteiger partial charge on any atom is 0.283 e. The Kier molecular flexibility index (Phi) is 3.83. The van der Waals surface area contributed by atoms with Gasteiger partial charge in [0.15, 0.2) is 11.2 Å². The van der Waals surface area contributed by atoms with Crippen LogP contribution in [0.3, 0.4) is 0 Å². The number of fused-ring (bicyclic) bond motifs is 1. The first-order chi connectivity index (χ1) is 11.0. The van der Waals surface area contributed by atoms with Gasteiger partial charge in [0.2, 0.25) is 5.91 Å². The number of amides is 1. The quantitative estimate of drug-likeness (QED) is 0.775. The van der Waals surface area contributed by atoms with E-state index in [0.717, 1.165) is 5.56 Å². The number of aromatic nitrogens is 5. The lowest BCUT2D eigenvalue weighted by Gasteiger charge is -2.08. The van der Waals surface area contributed by atoms with Gasteiger partial charge >= 0.3 is 0 Å². The van der Waals surface area contributed by atoms with Crippen molar-refractivity contribution in [2.75, 3.05) is 5.32 Å². The number of aryl methyl sites for hydroxylation is 2. The Labute approximate surface area is 135 Å². The molecule has 1 N–H and O–H groups in total. The van der Waals surface area contributed by atoms with Gasteiger partial charge in [-0.05, 0) is 24.6 Å². The molecule has 8 nitrogen and oxygen atoms in total. The Morgan fingerprint density at radius 1 is 1.39 bits per heavy atom. The fraction of sp³-hybridized carbons (Fsp3) is 0.214. The molecule has 0 unspecified atom stereocenters. The Balaban J connectivity index is 1.81. The molecule has 0 saturated heterocycles. The molecular formula is C14H13ClN6O2. The first-order valence-electron chi connectivity index (χ1n) is 6.76. The molecule has 9 heteroatoms. The molecule has 0 atom stereocenters. The van der Waals surface area contributed by atoms with Crippen LogP contribution in [0.25, 0.3) is 11.2 Å². The Hall–Kier alpha value is -2.74. The summed E-state index contributed by atoms with van der Waals surface area (Å²) < 4.78 is 2.58. The van der Waals surface area contributed by atoms with Crippen molar-refractivity contribution in [2.24, 2.45) is 7.05 Å². The largest absolute Gasteiger partial charge is 0.324 e. The zero-order chi connectivity index (χ0) is 16.6. The second-order valence-electron chi connectivity index (χ2n) is 5.08. The number of halogens is 1. The molecule has 3 aromatic rings. The summed E-state index contributed by atoms with van der Waals surface area (Å²) in [4.78, 5) is 28.4. The fourth-order valence-corrected chi connectivity index (χ4v) is 2.27. The van der Waals surface area contributed by atoms with Crippen LogP contribution in [0.4, 0.5) is 5.69 Å². The fourth-order valence-electron chi connectivity index (χ4n) is 2.09. The number of carbonyl (C=O) groups excluding carboxylic acids is 1. The van der Waals surface area contributed by atoms with Crippen molar-refractivity contribution < 1.29 is 4.79 Å². The van der Waals surface area contributed by atoms with E-state index < -0.39 is 5.56 Å². The standard InChI is InChI=1S/C14H13ClN6O2/c1-8-3-4-9(5-10(8)15)17-11(22)6-21-7-16-13-12(14(21)23)18-19-20(13)2/h3-5,7H,6H2,1-2H3,(H,17,22). The molecule has 0 aliphatic heterocycles. The number of rotatable bonds is 3. The second-order valence-corrected chi connectivity index (χ2v) is 5.48. The molecule has 0 radical (unpaired) electrons. The zero-order valence-corrected chi connectivity index (χ0v) is 13.2. The number of nitrogens with one attached hydrogen (secondary N) is 1. The minimum Gasteiger partial charge on any atom is -0.324 e. The minimum absolute atomic E-state index is 0.126. The summed E-state index contributed by atoms with van der Waals surface area (Å²) in [5.41, 5.74) is 1.56. The van der Waals surface area contributed by atoms with Gasteiger partial charge in [-0.15, -0.1) is 5.10 Å². The molecular weight excluding hydrogens is 320 g/mol. The minimum atomic E-state index is -0.416. The van der Waals surface area contributed by atoms with Gasteiger partial charge in [0.25, 0.3) is 5.56 Å². The molecule has 2 aromatic heterocycles. The van der Waals surface area contributed by atoms with Crippen molar-refractivity contribution in [3.05, 3.63) is 45.5 Å². The highest BCUT2D eigenvalue weighted by atomic mass is 35.5. The third-order valence-corrected chi connectivity index (χ3v) is 3.76. The Morgan fingerprint density at radius 2 is 2.17 bits per heavy atom. The molecule has 2 heterocycles. The smallest absolute Gasteiger partial charge is 0.283 e. The molecule has 0 spiro atoms. The highest BCUT2D eigenvalue weighted by molar-refractivity contribution is 6.31. The Morgan fingerprint density at radius 3 is 2.91 bits per heavy atom. The number of benzene rings is 1. The van der Waals surface area contributed by atoms with Gasteiger partial charge in [0.1, 0.15) is 12.9 Å². The van der Waals surface area contributed by atoms with Gasteiger partial charge in [-0.2, -0.15) is 0 Å². The van der Waals surface area contributed by atoms with Gasteiger partial charge in [-0.1, -0.05) is 22.9 Å². The van der Waals surface area contributed by atoms with E-state index in [0.29, 0.717) is 16.4 Å². The van der Waals surface area contributed by atoms with E-state index in [4.69, 9.17) is 11.6 Å². The van der Waals surface area contributed by atoms with Crippen LogP contribution in [0.5, 0.6) is 0 Å². The number of nitrogens with zero attached hydrogens (tertiary/aromatic N) is 5. The highest BCUT2D eigenvalue weighted by Gasteiger charge is 2.12. The number of hydrogen-bond donors (Lipinski definition) is 1. The van der Waals surface area contributed by atoms with E-state index in [1.165, 1.54) is 15.6 Å². The summed E-state index contributed by atoms with van der Waals surface area (Å²) in [7, 11) is 1.64. The maximum atomic E-state index is 12.2. The molecule has 3 rings (SSSR count). The zero-order valence-electron chi connectivity index (χ0n) is 12.4. The monoisotopic (exact) mass is 332 g/mol. The first-order valence-corrected chi connectivity index (χ1v) is 7.14. The van der Waals surface area contributed by atoms with Gasteiger partial charge in [0.05, 0.1) is 0 Å². The predicted octanol–water partition coefficient (Wildman–Crippen LogP) is 1.13. The van der Waals surface area contributed by atoms with Crippen LogP contribution in [-0.4, -0.2) is 30.5 Å². The number of anilines is 1. The van der Waals surface area contributed by atoms with Crippen LogP contribution in [0.15, 0.2) is 29.3 Å². The van der Waals surface area contributed by atoms with E-state index in [1.807, 2.05) is 6.92 Å². The van der Waals surface area contributed by atoms with Gasteiger partial charge < -0.3 is 5.32 Å². The molecule has 1 amide bonds. The topological polar surface area (TPSA) is 94.7 Å². The Bertz CT molecular complexity index is 962. The van der Waals surface area contributed by atoms with E-state index >= 15 is 0 Å². The molecule has 1 aromatic carbocycles. The summed E-state index contributed by atoms with van der Waals surface area (Å²) in [6.07, 6.45) is 1.30. The van der Waals surface area contributed by atoms with Crippen molar-refractivity contribution >= 4 is 34.4 Å². The van der Waals surface area contributed by atoms with E-state index in [-0.39, 0.29) is 18.0 Å². The highest BCUT2D eigenvalue weighted by Crippen LogP contribution is 2.19. The lowest BCUT2D eigenvalue weighted by atomic mass is 10.2. The molecule has 23 heavy (non-hydrogen) atoms. The number of hydrogen-bond acceptors (Lipinski definition) is 5. The molecule has 0 bridgehead atoms. The average Bonchev–Trinajstić information content (AvgIpc) is 2.88. The third-order valence-electron chi connectivity index (χ3n) is 3.35. The van der Waals surface area contributed by atoms with Crippen LogP contribution in [0.2, 0.25) is 5.02 Å². The summed E-state index contributed by atoms with van der Waals surface area (Å²) in [5, 5.41) is 10.7. The predicted molar refractivity (Wildman–Crippen MR) is 85.4 cm³/mol. The lowest BCUT2D eigenvalue weighted by Crippen LogP contribution is -2.28. The first kappa shape index (κ1) is 15.2. The van der Waals surface area contributed by atoms with Crippen LogP contribution in [0.1, 0.15) is 5.56 Å². The van der Waals surface area contributed by atoms with Crippen LogP contribution in [0, 0.1) is 6.92 Å². The van der Waals surface area contributed by atoms with Crippen LogP contribution in [-0.2, 0) is 18.4 Å². The number of carbonyl (C=O) groups is 1. The van der Waals surface area contributed by atoms with E-state index in [9.17, 15) is 9.59 Å². The summed E-state index contributed by atoms with van der Waals surface area (Å²) in [6, 6.07) is 5.20. The molecule has 0 fully saturated rings. The van der Waals surface area contributed by atoms with Crippen molar-refractivity contribution in [3.63, 3.8) is 0 Å². The molecule has 0 aliphatic carbocycles. The average molecular weight is 333 g/mol. The van der Waals surface area contributed by atoms with Crippen LogP contribution < -0.4 is 10.9 Å². The van der Waals surface area contributed by atoms with Crippen molar-refractivity contribution in [2.45, 2.75) is 13.5 Å². The van der Waals surface area contributed by atoms with Crippen molar-refractivity contribution in [3.8, 4) is 0 Å². The van der Waals surface area contributed by atoms with Crippen LogP contribution >= 0.6 is 11.6 Å². The van der Waals surface area contributed by atoms with Gasteiger partial charge in [-0.3, -0.25) is 14.2 Å².